The summed E-state index contributed by atoms with van der Waals surface area (Å²) in [7, 11) is -1.95. The number of carbonyl (C=O) groups is 1. The number of hydrogen-bond donors (Lipinski definition) is 3. The van der Waals surface area contributed by atoms with E-state index in [1.165, 1.54) is 17.3 Å². The second-order valence-corrected chi connectivity index (χ2v) is 8.42. The molecule has 0 saturated heterocycles. The maximum Gasteiger partial charge on any atom is 0.416 e. The average molecular weight is 450 g/mol. The quantitative estimate of drug-likeness (QED) is 0.486. The first-order valence-electron chi connectivity index (χ1n) is 9.67. The van der Waals surface area contributed by atoms with Gasteiger partial charge >= 0.3 is 12.2 Å². The molecule has 6 nitrogen and oxygen atoms in total. The van der Waals surface area contributed by atoms with E-state index < -0.39 is 28.8 Å². The van der Waals surface area contributed by atoms with E-state index in [2.05, 4.69) is 21.8 Å². The van der Waals surface area contributed by atoms with Crippen molar-refractivity contribution in [2.24, 2.45) is 5.73 Å². The third-order valence-corrected chi connectivity index (χ3v) is 6.36. The summed E-state index contributed by atoms with van der Waals surface area (Å²) in [6, 6.07) is 5.54. The molecule has 1 unspecified atom stereocenters. The van der Waals surface area contributed by atoms with Gasteiger partial charge in [-0.1, -0.05) is 6.07 Å². The van der Waals surface area contributed by atoms with Crippen LogP contribution >= 0.6 is 0 Å². The standard InChI is InChI=1S/C20H19F3N2O2S.CH2N2/c21-20(22,23)14-7-9-15(10-8-14)28(27)25-19(26)24-18-16-5-1-3-12(16)11-13-4-2-6-17(13)18;2-1-3/h7-11H,1-6H2,(H2,24,25,26);2H2. The minimum absolute atomic E-state index is 0.103. The molecule has 4 rings (SSSR count). The smallest absolute Gasteiger partial charge is 0.337 e. The minimum atomic E-state index is -4.46. The molecule has 0 aromatic heterocycles. The predicted octanol–water partition coefficient (Wildman–Crippen LogP) is 3.95. The lowest BCUT2D eigenvalue weighted by molar-refractivity contribution is -0.137. The van der Waals surface area contributed by atoms with Gasteiger partial charge in [0.2, 0.25) is 0 Å². The van der Waals surface area contributed by atoms with Crippen molar-refractivity contribution >= 4 is 22.7 Å². The minimum Gasteiger partial charge on any atom is -0.337 e. The van der Waals surface area contributed by atoms with Crippen LogP contribution in [0.1, 0.15) is 40.7 Å². The second kappa shape index (κ2) is 9.39. The molecule has 10 heteroatoms. The number of nitrogens with zero attached hydrogens (tertiary/aromatic N) is 1. The molecule has 0 bridgehead atoms. The second-order valence-electron chi connectivity index (χ2n) is 7.21. The summed E-state index contributed by atoms with van der Waals surface area (Å²) >= 11 is 0. The van der Waals surface area contributed by atoms with Gasteiger partial charge in [0.1, 0.15) is 0 Å². The summed E-state index contributed by atoms with van der Waals surface area (Å²) in [6.45, 7) is 0. The van der Waals surface area contributed by atoms with Crippen molar-refractivity contribution < 1.29 is 22.2 Å². The van der Waals surface area contributed by atoms with Gasteiger partial charge in [-0.2, -0.15) is 18.4 Å². The van der Waals surface area contributed by atoms with Crippen LogP contribution in [0.5, 0.6) is 0 Å². The van der Waals surface area contributed by atoms with Crippen molar-refractivity contribution in [2.75, 3.05) is 5.32 Å². The summed E-state index contributed by atoms with van der Waals surface area (Å²) in [4.78, 5) is 12.5. The van der Waals surface area contributed by atoms with E-state index in [0.717, 1.165) is 79.6 Å². The summed E-state index contributed by atoms with van der Waals surface area (Å²) in [6.07, 6.45) is 2.68. The zero-order valence-corrected chi connectivity index (χ0v) is 17.3. The molecule has 0 spiro atoms. The number of hydrogen-bond acceptors (Lipinski definition) is 4. The van der Waals surface area contributed by atoms with Crippen LogP contribution in [0.15, 0.2) is 35.2 Å². The first-order valence-corrected chi connectivity index (χ1v) is 10.8. The van der Waals surface area contributed by atoms with E-state index >= 15 is 0 Å². The molecule has 0 heterocycles. The van der Waals surface area contributed by atoms with Crippen LogP contribution in [0.2, 0.25) is 0 Å². The van der Waals surface area contributed by atoms with E-state index in [-0.39, 0.29) is 4.90 Å². The van der Waals surface area contributed by atoms with Crippen LogP contribution in [0.4, 0.5) is 23.7 Å². The number of alkyl halides is 3. The van der Waals surface area contributed by atoms with Gasteiger partial charge in [-0.15, -0.1) is 0 Å². The van der Waals surface area contributed by atoms with Crippen LogP contribution in [-0.4, -0.2) is 10.2 Å². The van der Waals surface area contributed by atoms with Gasteiger partial charge in [0.15, 0.2) is 17.2 Å². The molecule has 0 saturated carbocycles. The maximum absolute atomic E-state index is 12.6. The molecule has 0 fully saturated rings. The van der Waals surface area contributed by atoms with Gasteiger partial charge in [-0.3, -0.25) is 4.72 Å². The zero-order chi connectivity index (χ0) is 22.6. The van der Waals surface area contributed by atoms with Gasteiger partial charge < -0.3 is 11.1 Å². The molecule has 2 aromatic carbocycles. The zero-order valence-electron chi connectivity index (χ0n) is 16.5. The van der Waals surface area contributed by atoms with E-state index in [1.54, 1.807) is 0 Å². The van der Waals surface area contributed by atoms with Crippen LogP contribution in [0, 0.1) is 11.5 Å². The van der Waals surface area contributed by atoms with Crippen molar-refractivity contribution in [1.82, 2.24) is 4.72 Å². The molecule has 164 valence electrons. The number of nitriles is 1. The lowest BCUT2D eigenvalue weighted by atomic mass is 9.99. The molecule has 2 aromatic rings. The average Bonchev–Trinajstić information content (AvgIpc) is 3.37. The molecular formula is C21H21F3N4O2S. The third-order valence-electron chi connectivity index (χ3n) is 5.29. The fourth-order valence-electron chi connectivity index (χ4n) is 4.02. The van der Waals surface area contributed by atoms with Gasteiger partial charge in [0.25, 0.3) is 0 Å². The summed E-state index contributed by atoms with van der Waals surface area (Å²) in [5.41, 5.74) is 8.98. The highest BCUT2D eigenvalue weighted by molar-refractivity contribution is 7.83. The van der Waals surface area contributed by atoms with Gasteiger partial charge in [-0.05, 0) is 85.0 Å². The van der Waals surface area contributed by atoms with Crippen LogP contribution in [-0.2, 0) is 42.8 Å². The van der Waals surface area contributed by atoms with E-state index in [0.29, 0.717) is 0 Å². The molecule has 2 amide bonds. The number of nitrogens with one attached hydrogen (secondary N) is 2. The molecule has 0 aliphatic heterocycles. The molecule has 2 aliphatic rings. The number of carbonyl (C=O) groups excluding carboxylic acids is 1. The molecular weight excluding hydrogens is 429 g/mol. The highest BCUT2D eigenvalue weighted by Crippen LogP contribution is 2.38. The first-order chi connectivity index (χ1) is 14.7. The first kappa shape index (κ1) is 22.6. The van der Waals surface area contributed by atoms with E-state index in [1.807, 2.05) is 0 Å². The fraction of sp³-hybridized carbons (Fsp3) is 0.333. The normalized spacial score (nSPS) is 15.0. The predicted molar refractivity (Wildman–Crippen MR) is 110 cm³/mol. The van der Waals surface area contributed by atoms with Crippen LogP contribution < -0.4 is 15.8 Å². The monoisotopic (exact) mass is 450 g/mol. The number of anilines is 1. The number of urea groups is 1. The lowest BCUT2D eigenvalue weighted by Gasteiger charge is -2.16. The van der Waals surface area contributed by atoms with Crippen LogP contribution in [0.3, 0.4) is 0 Å². The Morgan fingerprint density at radius 1 is 1.03 bits per heavy atom. The Bertz CT molecular complexity index is 1010. The lowest BCUT2D eigenvalue weighted by Crippen LogP contribution is -2.31. The Kier molecular flexibility index (Phi) is 6.85. The summed E-state index contributed by atoms with van der Waals surface area (Å²) in [5.74, 6) is 0. The van der Waals surface area contributed by atoms with Gasteiger partial charge in [-0.25, -0.2) is 9.00 Å². The Balaban J connectivity index is 0.000000858. The van der Waals surface area contributed by atoms with Crippen molar-refractivity contribution in [3.8, 4) is 6.19 Å². The van der Waals surface area contributed by atoms with Crippen LogP contribution in [0.25, 0.3) is 0 Å². The number of nitrogens with two attached hydrogens (primary N) is 1. The van der Waals surface area contributed by atoms with Crippen molar-refractivity contribution in [1.29, 1.82) is 5.26 Å². The highest BCUT2D eigenvalue weighted by Gasteiger charge is 2.30. The molecule has 2 aliphatic carbocycles. The molecule has 31 heavy (non-hydrogen) atoms. The Morgan fingerprint density at radius 3 is 2.03 bits per heavy atom. The third kappa shape index (κ3) is 5.17. The van der Waals surface area contributed by atoms with E-state index in [4.69, 9.17) is 5.26 Å². The van der Waals surface area contributed by atoms with Gasteiger partial charge in [0.05, 0.1) is 10.5 Å². The number of rotatable bonds is 3. The maximum atomic E-state index is 12.6. The summed E-state index contributed by atoms with van der Waals surface area (Å²) < 4.78 is 52.6. The molecule has 4 N–H and O–H groups in total. The van der Waals surface area contributed by atoms with Crippen molar-refractivity contribution in [3.05, 3.63) is 58.1 Å². The summed E-state index contributed by atoms with van der Waals surface area (Å²) in [5, 5.41) is 9.95. The topological polar surface area (TPSA) is 108 Å². The Hall–Kier alpha value is -3.06. The number of benzene rings is 2. The van der Waals surface area contributed by atoms with Gasteiger partial charge in [0, 0.05) is 5.69 Å². The van der Waals surface area contributed by atoms with E-state index in [9.17, 15) is 22.2 Å². The van der Waals surface area contributed by atoms with Crippen molar-refractivity contribution in [2.45, 2.75) is 49.6 Å². The molecule has 0 radical (unpaired) electrons. The van der Waals surface area contributed by atoms with Crippen molar-refractivity contribution in [3.63, 3.8) is 0 Å². The largest absolute Gasteiger partial charge is 0.416 e. The number of aryl methyl sites for hydroxylation is 2. The number of fused-ring (bicyclic) bond motifs is 2. The highest BCUT2D eigenvalue weighted by atomic mass is 32.2. The SMILES string of the molecule is N#CN.O=C(Nc1c2c(cc3c1CCC3)CCC2)NS(=O)c1ccc(C(F)(F)F)cc1. The number of halogens is 3. The Morgan fingerprint density at radius 2 is 1.55 bits per heavy atom. The Labute approximate surface area is 180 Å². The molecule has 1 atom stereocenters. The number of amides is 2. The fourth-order valence-corrected chi connectivity index (χ4v) is 4.74.